The van der Waals surface area contributed by atoms with Crippen molar-refractivity contribution in [1.82, 2.24) is 15.0 Å². The van der Waals surface area contributed by atoms with Gasteiger partial charge in [0.05, 0.1) is 13.0 Å². The van der Waals surface area contributed by atoms with E-state index < -0.39 is 0 Å². The summed E-state index contributed by atoms with van der Waals surface area (Å²) in [5, 5.41) is 4.04. The molecule has 0 radical (unpaired) electrons. The Balaban J connectivity index is 1.74. The molecule has 0 N–H and O–H groups in total. The molecule has 1 atom stereocenters. The Hall–Kier alpha value is -2.37. The Morgan fingerprint density at radius 1 is 1.38 bits per heavy atom. The molecule has 6 heteroatoms. The fourth-order valence-electron chi connectivity index (χ4n) is 2.96. The van der Waals surface area contributed by atoms with Gasteiger partial charge in [0.1, 0.15) is 5.75 Å². The maximum Gasteiger partial charge on any atom is 0.231 e. The normalized spacial score (nSPS) is 18.2. The van der Waals surface area contributed by atoms with Crippen LogP contribution in [0.5, 0.6) is 5.75 Å². The fourth-order valence-corrected chi connectivity index (χ4v) is 2.96. The molecule has 1 saturated heterocycles. The SMILES string of the molecule is COc1ccccc1CN1CC(c2nc(C(C)C)no2)CCC1=O. The van der Waals surface area contributed by atoms with Crippen LogP contribution in [-0.4, -0.2) is 34.6 Å². The Labute approximate surface area is 141 Å². The highest BCUT2D eigenvalue weighted by Gasteiger charge is 2.31. The monoisotopic (exact) mass is 329 g/mol. The van der Waals surface area contributed by atoms with Crippen LogP contribution in [0.25, 0.3) is 0 Å². The predicted octanol–water partition coefficient (Wildman–Crippen LogP) is 3.11. The van der Waals surface area contributed by atoms with Crippen molar-refractivity contribution in [1.29, 1.82) is 0 Å². The van der Waals surface area contributed by atoms with Gasteiger partial charge < -0.3 is 14.2 Å². The Kier molecular flexibility index (Phi) is 4.83. The van der Waals surface area contributed by atoms with Gasteiger partial charge in [0.2, 0.25) is 11.8 Å². The van der Waals surface area contributed by atoms with Crippen LogP contribution < -0.4 is 4.74 Å². The van der Waals surface area contributed by atoms with E-state index in [-0.39, 0.29) is 17.7 Å². The number of nitrogens with zero attached hydrogens (tertiary/aromatic N) is 3. The van der Waals surface area contributed by atoms with Crippen LogP contribution >= 0.6 is 0 Å². The number of ether oxygens (including phenoxy) is 1. The van der Waals surface area contributed by atoms with E-state index in [4.69, 9.17) is 9.26 Å². The highest BCUT2D eigenvalue weighted by molar-refractivity contribution is 5.77. The van der Waals surface area contributed by atoms with Gasteiger partial charge in [0.15, 0.2) is 5.82 Å². The minimum absolute atomic E-state index is 0.0948. The van der Waals surface area contributed by atoms with E-state index in [9.17, 15) is 4.79 Å². The largest absolute Gasteiger partial charge is 0.496 e. The number of carbonyl (C=O) groups excluding carboxylic acids is 1. The summed E-state index contributed by atoms with van der Waals surface area (Å²) in [6.07, 6.45) is 1.25. The molecular formula is C18H23N3O3. The summed E-state index contributed by atoms with van der Waals surface area (Å²) < 4.78 is 10.8. The maximum absolute atomic E-state index is 12.3. The number of para-hydroxylation sites is 1. The average molecular weight is 329 g/mol. The molecule has 0 bridgehead atoms. The Morgan fingerprint density at radius 2 is 2.17 bits per heavy atom. The second kappa shape index (κ2) is 7.03. The standard InChI is InChI=1S/C18H23N3O3/c1-12(2)17-19-18(24-20-17)14-8-9-16(22)21(11-14)10-13-6-4-5-7-15(13)23-3/h4-7,12,14H,8-11H2,1-3H3. The van der Waals surface area contributed by atoms with E-state index in [1.807, 2.05) is 43.0 Å². The van der Waals surface area contributed by atoms with Crippen molar-refractivity contribution >= 4 is 5.91 Å². The first-order valence-electron chi connectivity index (χ1n) is 8.31. The van der Waals surface area contributed by atoms with Gasteiger partial charge in [0, 0.05) is 31.0 Å². The first-order valence-corrected chi connectivity index (χ1v) is 8.31. The summed E-state index contributed by atoms with van der Waals surface area (Å²) >= 11 is 0. The van der Waals surface area contributed by atoms with E-state index >= 15 is 0 Å². The number of rotatable bonds is 5. The summed E-state index contributed by atoms with van der Waals surface area (Å²) in [5.74, 6) is 2.64. The molecule has 1 aromatic carbocycles. The smallest absolute Gasteiger partial charge is 0.231 e. The third-order valence-electron chi connectivity index (χ3n) is 4.38. The van der Waals surface area contributed by atoms with Gasteiger partial charge in [-0.3, -0.25) is 4.79 Å². The number of hydrogen-bond acceptors (Lipinski definition) is 5. The minimum atomic E-state index is 0.0948. The van der Waals surface area contributed by atoms with Crippen LogP contribution in [0.4, 0.5) is 0 Å². The Morgan fingerprint density at radius 3 is 2.88 bits per heavy atom. The lowest BCUT2D eigenvalue weighted by Gasteiger charge is -2.31. The number of hydrogen-bond donors (Lipinski definition) is 0. The molecule has 128 valence electrons. The molecule has 0 saturated carbocycles. The molecule has 24 heavy (non-hydrogen) atoms. The molecule has 3 rings (SSSR count). The first kappa shape index (κ1) is 16.5. The summed E-state index contributed by atoms with van der Waals surface area (Å²) in [7, 11) is 1.64. The van der Waals surface area contributed by atoms with Crippen molar-refractivity contribution < 1.29 is 14.1 Å². The van der Waals surface area contributed by atoms with Gasteiger partial charge in [0.25, 0.3) is 0 Å². The number of amides is 1. The zero-order chi connectivity index (χ0) is 17.1. The number of methoxy groups -OCH3 is 1. The molecule has 0 spiro atoms. The van der Waals surface area contributed by atoms with Gasteiger partial charge >= 0.3 is 0 Å². The summed E-state index contributed by atoms with van der Waals surface area (Å²) in [4.78, 5) is 18.7. The Bertz CT molecular complexity index is 711. The molecule has 1 unspecified atom stereocenters. The number of piperidine rings is 1. The molecule has 6 nitrogen and oxygen atoms in total. The van der Waals surface area contributed by atoms with E-state index in [0.29, 0.717) is 25.4 Å². The van der Waals surface area contributed by atoms with Gasteiger partial charge in [-0.25, -0.2) is 0 Å². The molecule has 1 aliphatic heterocycles. The average Bonchev–Trinajstić information content (AvgIpc) is 3.07. The van der Waals surface area contributed by atoms with Crippen LogP contribution in [-0.2, 0) is 11.3 Å². The van der Waals surface area contributed by atoms with Gasteiger partial charge in [-0.15, -0.1) is 0 Å². The van der Waals surface area contributed by atoms with Crippen molar-refractivity contribution in [2.75, 3.05) is 13.7 Å². The number of benzene rings is 1. The molecule has 0 aliphatic carbocycles. The van der Waals surface area contributed by atoms with Crippen LogP contribution in [0.2, 0.25) is 0 Å². The van der Waals surface area contributed by atoms with Crippen molar-refractivity contribution in [3.8, 4) is 5.75 Å². The molecule has 1 aliphatic rings. The van der Waals surface area contributed by atoms with Gasteiger partial charge in [-0.2, -0.15) is 4.98 Å². The second-order valence-corrected chi connectivity index (χ2v) is 6.47. The van der Waals surface area contributed by atoms with Crippen LogP contribution in [0.1, 0.15) is 55.8 Å². The second-order valence-electron chi connectivity index (χ2n) is 6.47. The van der Waals surface area contributed by atoms with E-state index in [1.54, 1.807) is 7.11 Å². The molecule has 1 amide bonds. The third-order valence-corrected chi connectivity index (χ3v) is 4.38. The zero-order valence-corrected chi connectivity index (χ0v) is 14.4. The van der Waals surface area contributed by atoms with Crippen LogP contribution in [0.3, 0.4) is 0 Å². The van der Waals surface area contributed by atoms with Crippen LogP contribution in [0.15, 0.2) is 28.8 Å². The lowest BCUT2D eigenvalue weighted by Crippen LogP contribution is -2.38. The molecule has 2 heterocycles. The topological polar surface area (TPSA) is 68.5 Å². The van der Waals surface area contributed by atoms with Crippen molar-refractivity contribution in [3.63, 3.8) is 0 Å². The highest BCUT2D eigenvalue weighted by Crippen LogP contribution is 2.29. The summed E-state index contributed by atoms with van der Waals surface area (Å²) in [6, 6.07) is 7.78. The van der Waals surface area contributed by atoms with E-state index in [1.165, 1.54) is 0 Å². The lowest BCUT2D eigenvalue weighted by molar-refractivity contribution is -0.134. The zero-order valence-electron chi connectivity index (χ0n) is 14.4. The maximum atomic E-state index is 12.3. The van der Waals surface area contributed by atoms with E-state index in [2.05, 4.69) is 10.1 Å². The van der Waals surface area contributed by atoms with Gasteiger partial charge in [-0.05, 0) is 12.5 Å². The quantitative estimate of drug-likeness (QED) is 0.843. The van der Waals surface area contributed by atoms with Crippen LogP contribution in [0, 0.1) is 0 Å². The molecular weight excluding hydrogens is 306 g/mol. The molecule has 1 fully saturated rings. The lowest BCUT2D eigenvalue weighted by atomic mass is 9.96. The third kappa shape index (κ3) is 3.42. The first-order chi connectivity index (χ1) is 11.6. The molecule has 2 aromatic rings. The minimum Gasteiger partial charge on any atom is -0.496 e. The molecule has 1 aromatic heterocycles. The summed E-state index contributed by atoms with van der Waals surface area (Å²) in [6.45, 7) is 5.20. The number of likely N-dealkylation sites (tertiary alicyclic amines) is 1. The highest BCUT2D eigenvalue weighted by atomic mass is 16.5. The van der Waals surface area contributed by atoms with Crippen molar-refractivity contribution in [2.45, 2.75) is 45.1 Å². The van der Waals surface area contributed by atoms with E-state index in [0.717, 1.165) is 23.6 Å². The van der Waals surface area contributed by atoms with Gasteiger partial charge in [-0.1, -0.05) is 37.2 Å². The fraction of sp³-hybridized carbons (Fsp3) is 0.500. The van der Waals surface area contributed by atoms with Crippen molar-refractivity contribution in [3.05, 3.63) is 41.5 Å². The number of carbonyl (C=O) groups is 1. The van der Waals surface area contributed by atoms with Crippen molar-refractivity contribution in [2.24, 2.45) is 0 Å². The predicted molar refractivity (Wildman–Crippen MR) is 88.8 cm³/mol. The summed E-state index contributed by atoms with van der Waals surface area (Å²) in [5.41, 5.74) is 1.00. The number of aromatic nitrogens is 2.